The molecule has 0 unspecified atom stereocenters. The molecule has 0 N–H and O–H groups in total. The molecule has 90 valence electrons. The molecule has 3 heteroatoms. The summed E-state index contributed by atoms with van der Waals surface area (Å²) in [7, 11) is 1.69. The summed E-state index contributed by atoms with van der Waals surface area (Å²) in [6.07, 6.45) is 0.879. The molecule has 0 aliphatic rings. The summed E-state index contributed by atoms with van der Waals surface area (Å²) in [4.78, 5) is 4.47. The van der Waals surface area contributed by atoms with E-state index < -0.39 is 0 Å². The molecule has 17 heavy (non-hydrogen) atoms. The van der Waals surface area contributed by atoms with Gasteiger partial charge in [-0.1, -0.05) is 12.1 Å². The maximum Gasteiger partial charge on any atom is 0.213 e. The van der Waals surface area contributed by atoms with Gasteiger partial charge in [-0.2, -0.15) is 0 Å². The van der Waals surface area contributed by atoms with Crippen molar-refractivity contribution in [2.75, 3.05) is 20.3 Å². The van der Waals surface area contributed by atoms with E-state index in [1.807, 2.05) is 12.1 Å². The van der Waals surface area contributed by atoms with Crippen LogP contribution >= 0.6 is 0 Å². The van der Waals surface area contributed by atoms with Crippen molar-refractivity contribution in [3.8, 4) is 5.88 Å². The molecular formula is C14H17NO2. The van der Waals surface area contributed by atoms with Crippen molar-refractivity contribution in [3.63, 3.8) is 0 Å². The van der Waals surface area contributed by atoms with Crippen LogP contribution in [0.3, 0.4) is 0 Å². The van der Waals surface area contributed by atoms with Gasteiger partial charge in [-0.15, -0.1) is 0 Å². The van der Waals surface area contributed by atoms with Crippen LogP contribution in [0.15, 0.2) is 30.3 Å². The molecular weight excluding hydrogens is 214 g/mol. The first-order valence-corrected chi connectivity index (χ1v) is 5.79. The molecule has 1 heterocycles. The topological polar surface area (TPSA) is 31.4 Å². The monoisotopic (exact) mass is 231 g/mol. The van der Waals surface area contributed by atoms with Crippen LogP contribution in [0.25, 0.3) is 10.9 Å². The Morgan fingerprint density at radius 2 is 1.94 bits per heavy atom. The molecule has 0 spiro atoms. The highest BCUT2D eigenvalue weighted by molar-refractivity contribution is 5.79. The fourth-order valence-electron chi connectivity index (χ4n) is 1.67. The summed E-state index contributed by atoms with van der Waals surface area (Å²) in [5, 5.41) is 1.14. The van der Waals surface area contributed by atoms with Crippen molar-refractivity contribution in [2.24, 2.45) is 0 Å². The van der Waals surface area contributed by atoms with E-state index in [9.17, 15) is 0 Å². The van der Waals surface area contributed by atoms with Gasteiger partial charge >= 0.3 is 0 Å². The largest absolute Gasteiger partial charge is 0.478 e. The lowest BCUT2D eigenvalue weighted by Crippen LogP contribution is -2.02. The van der Waals surface area contributed by atoms with Crippen LogP contribution in [0.5, 0.6) is 5.88 Å². The fraction of sp³-hybridized carbons (Fsp3) is 0.357. The Bertz CT molecular complexity index is 497. The van der Waals surface area contributed by atoms with Crippen LogP contribution in [0.4, 0.5) is 0 Å². The van der Waals surface area contributed by atoms with E-state index in [2.05, 4.69) is 30.1 Å². The summed E-state index contributed by atoms with van der Waals surface area (Å²) in [6, 6.07) is 10.2. The van der Waals surface area contributed by atoms with Gasteiger partial charge in [0, 0.05) is 31.6 Å². The van der Waals surface area contributed by atoms with Crippen LogP contribution in [-0.2, 0) is 4.74 Å². The summed E-state index contributed by atoms with van der Waals surface area (Å²) in [6.45, 7) is 3.41. The number of hydrogen-bond acceptors (Lipinski definition) is 3. The number of fused-ring (bicyclic) bond motifs is 1. The molecule has 0 saturated heterocycles. The number of pyridine rings is 1. The first kappa shape index (κ1) is 11.9. The van der Waals surface area contributed by atoms with Gasteiger partial charge in [0.2, 0.25) is 5.88 Å². The van der Waals surface area contributed by atoms with Gasteiger partial charge < -0.3 is 9.47 Å². The maximum absolute atomic E-state index is 5.56. The predicted molar refractivity (Wildman–Crippen MR) is 68.5 cm³/mol. The summed E-state index contributed by atoms with van der Waals surface area (Å²) in [5.41, 5.74) is 2.19. The zero-order valence-corrected chi connectivity index (χ0v) is 10.3. The number of aryl methyl sites for hydroxylation is 1. The minimum absolute atomic E-state index is 0.637. The smallest absolute Gasteiger partial charge is 0.213 e. The molecule has 1 aromatic carbocycles. The second-order valence-corrected chi connectivity index (χ2v) is 4.04. The molecule has 2 rings (SSSR count). The average Bonchev–Trinajstić information content (AvgIpc) is 2.34. The number of methoxy groups -OCH3 is 1. The number of benzene rings is 1. The van der Waals surface area contributed by atoms with Gasteiger partial charge in [-0.3, -0.25) is 0 Å². The summed E-state index contributed by atoms with van der Waals surface area (Å²) in [5.74, 6) is 0.680. The van der Waals surface area contributed by atoms with E-state index in [0.717, 1.165) is 17.3 Å². The Labute approximate surface area is 101 Å². The highest BCUT2D eigenvalue weighted by Gasteiger charge is 1.99. The number of hydrogen-bond donors (Lipinski definition) is 0. The third-order valence-electron chi connectivity index (χ3n) is 2.56. The summed E-state index contributed by atoms with van der Waals surface area (Å²) >= 11 is 0. The van der Waals surface area contributed by atoms with Crippen LogP contribution in [-0.4, -0.2) is 25.3 Å². The lowest BCUT2D eigenvalue weighted by atomic mass is 10.1. The Kier molecular flexibility index (Phi) is 3.94. The van der Waals surface area contributed by atoms with Crippen molar-refractivity contribution < 1.29 is 9.47 Å². The Hall–Kier alpha value is -1.61. The van der Waals surface area contributed by atoms with Gasteiger partial charge in [-0.25, -0.2) is 4.98 Å². The molecule has 0 radical (unpaired) electrons. The first-order valence-electron chi connectivity index (χ1n) is 5.79. The Balaban J connectivity index is 2.08. The van der Waals surface area contributed by atoms with Crippen LogP contribution in [0.2, 0.25) is 0 Å². The Morgan fingerprint density at radius 3 is 2.76 bits per heavy atom. The van der Waals surface area contributed by atoms with Gasteiger partial charge in [0.1, 0.15) is 0 Å². The van der Waals surface area contributed by atoms with Crippen LogP contribution < -0.4 is 4.74 Å². The third-order valence-corrected chi connectivity index (χ3v) is 2.56. The molecule has 3 nitrogen and oxygen atoms in total. The van der Waals surface area contributed by atoms with E-state index in [0.29, 0.717) is 19.1 Å². The van der Waals surface area contributed by atoms with Crippen LogP contribution in [0, 0.1) is 6.92 Å². The number of nitrogens with zero attached hydrogens (tertiary/aromatic N) is 1. The fourth-order valence-corrected chi connectivity index (χ4v) is 1.67. The highest BCUT2D eigenvalue weighted by atomic mass is 16.5. The van der Waals surface area contributed by atoms with Gasteiger partial charge in [-0.05, 0) is 24.6 Å². The van der Waals surface area contributed by atoms with Crippen molar-refractivity contribution in [3.05, 3.63) is 35.9 Å². The normalized spacial score (nSPS) is 10.7. The maximum atomic E-state index is 5.56. The van der Waals surface area contributed by atoms with Gasteiger partial charge in [0.05, 0.1) is 12.1 Å². The van der Waals surface area contributed by atoms with Crippen LogP contribution in [0.1, 0.15) is 12.0 Å². The Morgan fingerprint density at radius 1 is 1.12 bits per heavy atom. The molecule has 0 fully saturated rings. The molecule has 0 atom stereocenters. The number of rotatable bonds is 5. The van der Waals surface area contributed by atoms with Gasteiger partial charge in [0.25, 0.3) is 0 Å². The first-order chi connectivity index (χ1) is 8.29. The predicted octanol–water partition coefficient (Wildman–Crippen LogP) is 2.96. The molecule has 1 aromatic heterocycles. The molecule has 0 amide bonds. The minimum atomic E-state index is 0.637. The minimum Gasteiger partial charge on any atom is -0.478 e. The lowest BCUT2D eigenvalue weighted by molar-refractivity contribution is 0.170. The SMILES string of the molecule is COCCCOc1ccc2ccc(C)cc2n1. The van der Waals surface area contributed by atoms with E-state index in [4.69, 9.17) is 9.47 Å². The number of ether oxygens (including phenoxy) is 2. The molecule has 0 bridgehead atoms. The van der Waals surface area contributed by atoms with E-state index >= 15 is 0 Å². The van der Waals surface area contributed by atoms with Crippen molar-refractivity contribution in [2.45, 2.75) is 13.3 Å². The van der Waals surface area contributed by atoms with E-state index in [1.165, 1.54) is 5.56 Å². The van der Waals surface area contributed by atoms with Crippen molar-refractivity contribution >= 4 is 10.9 Å². The standard InChI is InChI=1S/C14H17NO2/c1-11-4-5-12-6-7-14(15-13(12)10-11)17-9-3-8-16-2/h4-7,10H,3,8-9H2,1-2H3. The zero-order valence-electron chi connectivity index (χ0n) is 10.3. The van der Waals surface area contributed by atoms with E-state index in [1.54, 1.807) is 7.11 Å². The van der Waals surface area contributed by atoms with Gasteiger partial charge in [0.15, 0.2) is 0 Å². The van der Waals surface area contributed by atoms with Crippen molar-refractivity contribution in [1.82, 2.24) is 4.98 Å². The molecule has 0 saturated carbocycles. The second kappa shape index (κ2) is 5.64. The lowest BCUT2D eigenvalue weighted by Gasteiger charge is -2.06. The molecule has 0 aliphatic heterocycles. The second-order valence-electron chi connectivity index (χ2n) is 4.04. The summed E-state index contributed by atoms with van der Waals surface area (Å²) < 4.78 is 10.5. The van der Waals surface area contributed by atoms with Crippen molar-refractivity contribution in [1.29, 1.82) is 0 Å². The van der Waals surface area contributed by atoms with E-state index in [-0.39, 0.29) is 0 Å². The zero-order chi connectivity index (χ0) is 12.1. The quantitative estimate of drug-likeness (QED) is 0.741. The number of aromatic nitrogens is 1. The highest BCUT2D eigenvalue weighted by Crippen LogP contribution is 2.17. The molecule has 2 aromatic rings. The molecule has 0 aliphatic carbocycles. The average molecular weight is 231 g/mol. The third kappa shape index (κ3) is 3.17.